The van der Waals surface area contributed by atoms with E-state index in [0.717, 1.165) is 0 Å². The Bertz CT molecular complexity index is 159. The van der Waals surface area contributed by atoms with Gasteiger partial charge in [-0.15, -0.1) is 0 Å². The van der Waals surface area contributed by atoms with Crippen molar-refractivity contribution in [3.63, 3.8) is 0 Å². The van der Waals surface area contributed by atoms with E-state index in [-0.39, 0.29) is 25.4 Å². The lowest BCUT2D eigenvalue weighted by Crippen LogP contribution is -2.36. The summed E-state index contributed by atoms with van der Waals surface area (Å²) in [7, 11) is 1.59. The second-order valence-corrected chi connectivity index (χ2v) is 4.44. The Labute approximate surface area is 92.2 Å². The fraction of sp³-hybridized carbons (Fsp3) is 1.00. The topological polar surface area (TPSA) is 58.9 Å². The second kappa shape index (κ2) is 7.17. The van der Waals surface area contributed by atoms with Gasteiger partial charge in [0.15, 0.2) is 6.29 Å². The first-order valence-electron chi connectivity index (χ1n) is 5.39. The van der Waals surface area contributed by atoms with Crippen LogP contribution in [0.3, 0.4) is 0 Å². The molecule has 0 spiro atoms. The van der Waals surface area contributed by atoms with Crippen LogP contribution in [0.5, 0.6) is 0 Å². The zero-order valence-corrected chi connectivity index (χ0v) is 10.2. The van der Waals surface area contributed by atoms with Crippen molar-refractivity contribution >= 4 is 0 Å². The van der Waals surface area contributed by atoms with Gasteiger partial charge in [-0.3, -0.25) is 0 Å². The molecule has 4 nitrogen and oxygen atoms in total. The van der Waals surface area contributed by atoms with Gasteiger partial charge in [-0.1, -0.05) is 6.92 Å². The molecular weight excluding hydrogens is 196 g/mol. The first kappa shape index (κ1) is 14.8. The third kappa shape index (κ3) is 6.10. The van der Waals surface area contributed by atoms with Crippen molar-refractivity contribution < 1.29 is 19.7 Å². The van der Waals surface area contributed by atoms with E-state index < -0.39 is 5.60 Å². The summed E-state index contributed by atoms with van der Waals surface area (Å²) in [5.41, 5.74) is -0.404. The van der Waals surface area contributed by atoms with Crippen molar-refractivity contribution in [2.24, 2.45) is 5.92 Å². The van der Waals surface area contributed by atoms with E-state index in [1.54, 1.807) is 7.11 Å². The normalized spacial score (nSPS) is 16.4. The summed E-state index contributed by atoms with van der Waals surface area (Å²) >= 11 is 0. The summed E-state index contributed by atoms with van der Waals surface area (Å²) < 4.78 is 11.0. The van der Waals surface area contributed by atoms with Crippen LogP contribution in [0.15, 0.2) is 0 Å². The predicted octanol–water partition coefficient (Wildman–Crippen LogP) is 1.15. The maximum Gasteiger partial charge on any atom is 0.160 e. The van der Waals surface area contributed by atoms with Gasteiger partial charge in [0.1, 0.15) is 0 Å². The van der Waals surface area contributed by atoms with Gasteiger partial charge in [0.2, 0.25) is 0 Å². The van der Waals surface area contributed by atoms with Gasteiger partial charge in [-0.25, -0.2) is 0 Å². The lowest BCUT2D eigenvalue weighted by molar-refractivity contribution is -0.215. The van der Waals surface area contributed by atoms with Crippen molar-refractivity contribution in [2.75, 3.05) is 20.3 Å². The van der Waals surface area contributed by atoms with Crippen LogP contribution in [0.2, 0.25) is 0 Å². The number of hydrogen-bond donors (Lipinski definition) is 2. The van der Waals surface area contributed by atoms with Crippen LogP contribution >= 0.6 is 0 Å². The molecule has 2 unspecified atom stereocenters. The van der Waals surface area contributed by atoms with E-state index in [2.05, 4.69) is 0 Å². The molecule has 0 aliphatic heterocycles. The van der Waals surface area contributed by atoms with E-state index in [1.165, 1.54) is 0 Å². The number of hydrogen-bond acceptors (Lipinski definition) is 4. The number of rotatable bonds is 8. The Morgan fingerprint density at radius 3 is 2.20 bits per heavy atom. The van der Waals surface area contributed by atoms with E-state index in [1.807, 2.05) is 20.8 Å². The summed E-state index contributed by atoms with van der Waals surface area (Å²) in [6.07, 6.45) is 0.880. The smallest absolute Gasteiger partial charge is 0.160 e. The van der Waals surface area contributed by atoms with Crippen LogP contribution in [0.4, 0.5) is 0 Å². The third-order valence-electron chi connectivity index (χ3n) is 2.43. The van der Waals surface area contributed by atoms with E-state index in [4.69, 9.17) is 19.7 Å². The molecule has 2 N–H and O–H groups in total. The molecule has 4 heteroatoms. The molecule has 0 saturated carbocycles. The van der Waals surface area contributed by atoms with Crippen LogP contribution in [-0.2, 0) is 9.47 Å². The summed E-state index contributed by atoms with van der Waals surface area (Å²) in [5.74, 6) is 0.137. The quantitative estimate of drug-likeness (QED) is 0.603. The Kier molecular flexibility index (Phi) is 7.09. The zero-order valence-electron chi connectivity index (χ0n) is 10.2. The molecule has 0 radical (unpaired) electrons. The number of methoxy groups -OCH3 is 1. The van der Waals surface area contributed by atoms with Gasteiger partial charge in [-0.05, 0) is 26.7 Å². The van der Waals surface area contributed by atoms with Crippen LogP contribution < -0.4 is 0 Å². The molecule has 0 heterocycles. The zero-order chi connectivity index (χ0) is 11.9. The molecule has 0 saturated heterocycles. The molecule has 2 atom stereocenters. The van der Waals surface area contributed by atoms with Crippen LogP contribution in [0.25, 0.3) is 0 Å². The maximum absolute atomic E-state index is 8.87. The second-order valence-electron chi connectivity index (χ2n) is 4.44. The lowest BCUT2D eigenvalue weighted by atomic mass is 10.0. The fourth-order valence-electron chi connectivity index (χ4n) is 1.38. The van der Waals surface area contributed by atoms with Crippen LogP contribution in [-0.4, -0.2) is 42.4 Å². The van der Waals surface area contributed by atoms with E-state index in [9.17, 15) is 0 Å². The molecule has 92 valence electrons. The lowest BCUT2D eigenvalue weighted by Gasteiger charge is -2.32. The van der Waals surface area contributed by atoms with Crippen molar-refractivity contribution in [1.82, 2.24) is 0 Å². The Morgan fingerprint density at radius 2 is 1.80 bits per heavy atom. The van der Waals surface area contributed by atoms with Crippen molar-refractivity contribution in [3.8, 4) is 0 Å². The molecule has 0 aromatic rings. The Hall–Kier alpha value is -0.160. The molecule has 0 aromatic carbocycles. The van der Waals surface area contributed by atoms with Gasteiger partial charge in [-0.2, -0.15) is 0 Å². The van der Waals surface area contributed by atoms with Crippen molar-refractivity contribution in [3.05, 3.63) is 0 Å². The highest BCUT2D eigenvalue weighted by Crippen LogP contribution is 2.22. The van der Waals surface area contributed by atoms with Crippen molar-refractivity contribution in [1.29, 1.82) is 0 Å². The van der Waals surface area contributed by atoms with Gasteiger partial charge in [0, 0.05) is 26.2 Å². The number of ether oxygens (including phenoxy) is 2. The first-order valence-corrected chi connectivity index (χ1v) is 5.39. The molecule has 0 aliphatic carbocycles. The SMILES string of the molecule is COC(OC(C)(C)CCO)C(C)CCO. The summed E-state index contributed by atoms with van der Waals surface area (Å²) in [6.45, 7) is 6.03. The average Bonchev–Trinajstić information content (AvgIpc) is 2.14. The summed E-state index contributed by atoms with van der Waals surface area (Å²) in [5, 5.41) is 17.7. The summed E-state index contributed by atoms with van der Waals surface area (Å²) in [6, 6.07) is 0. The highest BCUT2D eigenvalue weighted by atomic mass is 16.7. The maximum atomic E-state index is 8.87. The molecule has 0 rings (SSSR count). The Balaban J connectivity index is 4.18. The molecular formula is C11H24O4. The molecule has 0 amide bonds. The predicted molar refractivity (Wildman–Crippen MR) is 58.5 cm³/mol. The van der Waals surface area contributed by atoms with Crippen molar-refractivity contribution in [2.45, 2.75) is 45.5 Å². The first-order chi connectivity index (χ1) is 6.96. The van der Waals surface area contributed by atoms with Gasteiger partial charge >= 0.3 is 0 Å². The minimum atomic E-state index is -0.404. The Morgan fingerprint density at radius 1 is 1.20 bits per heavy atom. The molecule has 0 bridgehead atoms. The largest absolute Gasteiger partial charge is 0.396 e. The monoisotopic (exact) mass is 220 g/mol. The van der Waals surface area contributed by atoms with Gasteiger partial charge < -0.3 is 19.7 Å². The fourth-order valence-corrected chi connectivity index (χ4v) is 1.38. The standard InChI is InChI=1S/C11H24O4/c1-9(5-7-12)10(14-4)15-11(2,3)6-8-13/h9-10,12-13H,5-8H2,1-4H3. The molecule has 0 aliphatic rings. The number of aliphatic hydroxyl groups excluding tert-OH is 2. The number of aliphatic hydroxyl groups is 2. The van der Waals surface area contributed by atoms with Gasteiger partial charge in [0.25, 0.3) is 0 Å². The van der Waals surface area contributed by atoms with Crippen LogP contribution in [0.1, 0.15) is 33.6 Å². The third-order valence-corrected chi connectivity index (χ3v) is 2.43. The minimum absolute atomic E-state index is 0.0951. The van der Waals surface area contributed by atoms with Crippen LogP contribution in [0, 0.1) is 5.92 Å². The average molecular weight is 220 g/mol. The highest BCUT2D eigenvalue weighted by molar-refractivity contribution is 4.70. The molecule has 15 heavy (non-hydrogen) atoms. The summed E-state index contributed by atoms with van der Waals surface area (Å²) in [4.78, 5) is 0. The molecule has 0 aromatic heterocycles. The highest BCUT2D eigenvalue weighted by Gasteiger charge is 2.26. The minimum Gasteiger partial charge on any atom is -0.396 e. The molecule has 0 fully saturated rings. The van der Waals surface area contributed by atoms with Gasteiger partial charge in [0.05, 0.1) is 5.60 Å². The van der Waals surface area contributed by atoms with E-state index in [0.29, 0.717) is 12.8 Å². The van der Waals surface area contributed by atoms with E-state index >= 15 is 0 Å².